The molecule has 0 bridgehead atoms. The van der Waals surface area contributed by atoms with Crippen LogP contribution in [-0.4, -0.2) is 35.4 Å². The molecule has 0 spiro atoms. The van der Waals surface area contributed by atoms with Crippen LogP contribution in [0.4, 0.5) is 0 Å². The molecule has 120 valence electrons. The number of ether oxygens (including phenoxy) is 1. The first-order valence-corrected chi connectivity index (χ1v) is 7.88. The molecule has 0 aliphatic carbocycles. The van der Waals surface area contributed by atoms with E-state index < -0.39 is 7.12 Å². The number of phenols is 1. The Morgan fingerprint density at radius 1 is 1.30 bits per heavy atom. The summed E-state index contributed by atoms with van der Waals surface area (Å²) in [4.78, 5) is 4.30. The summed E-state index contributed by atoms with van der Waals surface area (Å²) in [7, 11) is -0.689. The van der Waals surface area contributed by atoms with Crippen molar-refractivity contribution in [1.82, 2.24) is 4.98 Å². The van der Waals surface area contributed by atoms with E-state index >= 15 is 0 Å². The van der Waals surface area contributed by atoms with Crippen molar-refractivity contribution < 1.29 is 19.5 Å². The number of pyridine rings is 1. The zero-order chi connectivity index (χ0) is 16.2. The molecule has 2 aromatic rings. The van der Waals surface area contributed by atoms with Gasteiger partial charge < -0.3 is 19.5 Å². The molecule has 0 amide bonds. The lowest BCUT2D eigenvalue weighted by atomic mass is 9.80. The number of rotatable bonds is 5. The first kappa shape index (κ1) is 15.8. The molecule has 1 aliphatic rings. The van der Waals surface area contributed by atoms with Crippen LogP contribution in [0.2, 0.25) is 6.32 Å². The quantitative estimate of drug-likeness (QED) is 0.831. The highest BCUT2D eigenvalue weighted by atomic mass is 16.5. The molecule has 1 aliphatic heterocycles. The molecule has 1 aromatic heterocycles. The Morgan fingerprint density at radius 3 is 2.91 bits per heavy atom. The zero-order valence-corrected chi connectivity index (χ0v) is 13.1. The number of hydrogen-bond acceptors (Lipinski definition) is 5. The minimum absolute atomic E-state index is 0.138. The number of hydrogen-bond donors (Lipinski definition) is 2. The van der Waals surface area contributed by atoms with Crippen molar-refractivity contribution in [3.05, 3.63) is 42.2 Å². The van der Waals surface area contributed by atoms with E-state index in [0.29, 0.717) is 25.3 Å². The summed E-state index contributed by atoms with van der Waals surface area (Å²) >= 11 is 0. The van der Waals surface area contributed by atoms with Gasteiger partial charge in [-0.05, 0) is 42.1 Å². The van der Waals surface area contributed by atoms with E-state index in [1.807, 2.05) is 25.3 Å². The standard InChI is InChI=1S/C17H20BNO4/c1-2-5-22-17-7-12(3-4-16(17)20)13-6-14(10-19-9-13)15-8-18(21)23-11-15/h3-4,6-7,9-10,15,20-21H,2,5,8,11H2,1H3/t15-/m0/s1. The van der Waals surface area contributed by atoms with Crippen LogP contribution < -0.4 is 4.74 Å². The molecule has 0 saturated carbocycles. The molecule has 2 heterocycles. The summed E-state index contributed by atoms with van der Waals surface area (Å²) in [6.45, 7) is 3.09. The van der Waals surface area contributed by atoms with E-state index in [9.17, 15) is 10.1 Å². The van der Waals surface area contributed by atoms with Gasteiger partial charge in [0.2, 0.25) is 0 Å². The maximum atomic E-state index is 9.88. The van der Waals surface area contributed by atoms with Gasteiger partial charge in [-0.15, -0.1) is 0 Å². The van der Waals surface area contributed by atoms with Gasteiger partial charge in [0.15, 0.2) is 11.5 Å². The summed E-state index contributed by atoms with van der Waals surface area (Å²) < 4.78 is 10.8. The molecule has 1 atom stereocenters. The van der Waals surface area contributed by atoms with Crippen LogP contribution in [0.3, 0.4) is 0 Å². The van der Waals surface area contributed by atoms with Crippen molar-refractivity contribution in [3.8, 4) is 22.6 Å². The maximum absolute atomic E-state index is 9.88. The van der Waals surface area contributed by atoms with Gasteiger partial charge >= 0.3 is 7.12 Å². The third-order valence-corrected chi connectivity index (χ3v) is 3.96. The second kappa shape index (κ2) is 7.02. The van der Waals surface area contributed by atoms with E-state index in [2.05, 4.69) is 11.1 Å². The molecule has 2 N–H and O–H groups in total. The van der Waals surface area contributed by atoms with Crippen LogP contribution >= 0.6 is 0 Å². The van der Waals surface area contributed by atoms with E-state index in [0.717, 1.165) is 23.1 Å². The second-order valence-electron chi connectivity index (χ2n) is 5.76. The minimum Gasteiger partial charge on any atom is -0.504 e. The van der Waals surface area contributed by atoms with Gasteiger partial charge in [-0.2, -0.15) is 0 Å². The van der Waals surface area contributed by atoms with Crippen molar-refractivity contribution in [2.45, 2.75) is 25.6 Å². The molecule has 6 heteroatoms. The molecule has 0 unspecified atom stereocenters. The second-order valence-corrected chi connectivity index (χ2v) is 5.76. The lowest BCUT2D eigenvalue weighted by molar-refractivity contribution is 0.292. The van der Waals surface area contributed by atoms with Crippen LogP contribution in [0, 0.1) is 0 Å². The first-order chi connectivity index (χ1) is 11.2. The van der Waals surface area contributed by atoms with Crippen molar-refractivity contribution >= 4 is 7.12 Å². The van der Waals surface area contributed by atoms with Gasteiger partial charge in [-0.3, -0.25) is 4.98 Å². The van der Waals surface area contributed by atoms with Crippen LogP contribution in [0.15, 0.2) is 36.7 Å². The van der Waals surface area contributed by atoms with Gasteiger partial charge in [0.25, 0.3) is 0 Å². The molecular weight excluding hydrogens is 293 g/mol. The van der Waals surface area contributed by atoms with E-state index in [4.69, 9.17) is 9.39 Å². The van der Waals surface area contributed by atoms with Crippen molar-refractivity contribution in [2.75, 3.05) is 13.2 Å². The zero-order valence-electron chi connectivity index (χ0n) is 13.1. The summed E-state index contributed by atoms with van der Waals surface area (Å²) in [5.41, 5.74) is 2.93. The predicted molar refractivity (Wildman–Crippen MR) is 88.6 cm³/mol. The third kappa shape index (κ3) is 3.65. The minimum atomic E-state index is -0.689. The Bertz CT molecular complexity index is 679. The first-order valence-electron chi connectivity index (χ1n) is 7.88. The maximum Gasteiger partial charge on any atom is 0.454 e. The third-order valence-electron chi connectivity index (χ3n) is 3.96. The van der Waals surface area contributed by atoms with Gasteiger partial charge in [0.1, 0.15) is 0 Å². The lowest BCUT2D eigenvalue weighted by Gasteiger charge is -2.12. The fourth-order valence-corrected chi connectivity index (χ4v) is 2.70. The molecule has 23 heavy (non-hydrogen) atoms. The monoisotopic (exact) mass is 313 g/mol. The Kier molecular flexibility index (Phi) is 4.83. The molecule has 1 saturated heterocycles. The van der Waals surface area contributed by atoms with Gasteiger partial charge in [0.05, 0.1) is 6.61 Å². The summed E-state index contributed by atoms with van der Waals surface area (Å²) in [6, 6.07) is 7.35. The van der Waals surface area contributed by atoms with Crippen molar-refractivity contribution in [3.63, 3.8) is 0 Å². The van der Waals surface area contributed by atoms with Crippen molar-refractivity contribution in [1.29, 1.82) is 0 Å². The van der Waals surface area contributed by atoms with Crippen LogP contribution in [0.5, 0.6) is 11.5 Å². The number of nitrogens with zero attached hydrogens (tertiary/aromatic N) is 1. The fraction of sp³-hybridized carbons (Fsp3) is 0.353. The van der Waals surface area contributed by atoms with E-state index in [1.165, 1.54) is 0 Å². The van der Waals surface area contributed by atoms with Crippen LogP contribution in [0.1, 0.15) is 24.8 Å². The average molecular weight is 313 g/mol. The summed E-state index contributed by atoms with van der Waals surface area (Å²) in [5, 5.41) is 19.4. The summed E-state index contributed by atoms with van der Waals surface area (Å²) in [6.07, 6.45) is 5.06. The molecular formula is C17H20BNO4. The fourth-order valence-electron chi connectivity index (χ4n) is 2.70. The molecule has 1 aromatic carbocycles. The highest BCUT2D eigenvalue weighted by Crippen LogP contribution is 2.34. The summed E-state index contributed by atoms with van der Waals surface area (Å²) in [5.74, 6) is 0.776. The lowest BCUT2D eigenvalue weighted by Crippen LogP contribution is -2.07. The predicted octanol–water partition coefficient (Wildman–Crippen LogP) is 2.84. The Morgan fingerprint density at radius 2 is 2.17 bits per heavy atom. The Hall–Kier alpha value is -2.05. The highest BCUT2D eigenvalue weighted by molar-refractivity contribution is 6.43. The largest absolute Gasteiger partial charge is 0.504 e. The molecule has 0 radical (unpaired) electrons. The normalized spacial score (nSPS) is 17.5. The topological polar surface area (TPSA) is 71.8 Å². The average Bonchev–Trinajstić information content (AvgIpc) is 3.01. The van der Waals surface area contributed by atoms with Crippen LogP contribution in [-0.2, 0) is 4.65 Å². The Labute approximate surface area is 136 Å². The molecule has 3 rings (SSSR count). The van der Waals surface area contributed by atoms with Gasteiger partial charge in [-0.25, -0.2) is 0 Å². The van der Waals surface area contributed by atoms with Gasteiger partial charge in [0, 0.05) is 30.5 Å². The molecule has 1 fully saturated rings. The number of benzene rings is 1. The number of phenolic OH excluding ortho intramolecular Hbond substituents is 1. The Balaban J connectivity index is 1.86. The van der Waals surface area contributed by atoms with E-state index in [1.54, 1.807) is 12.3 Å². The number of aromatic hydroxyl groups is 1. The molecule has 5 nitrogen and oxygen atoms in total. The van der Waals surface area contributed by atoms with Gasteiger partial charge in [-0.1, -0.05) is 13.0 Å². The highest BCUT2D eigenvalue weighted by Gasteiger charge is 2.30. The SMILES string of the molecule is CCCOc1cc(-c2cncc([C@@H]3COB(O)C3)c2)ccc1O. The smallest absolute Gasteiger partial charge is 0.454 e. The number of aromatic nitrogens is 1. The van der Waals surface area contributed by atoms with Crippen molar-refractivity contribution in [2.24, 2.45) is 0 Å². The van der Waals surface area contributed by atoms with E-state index in [-0.39, 0.29) is 11.7 Å². The van der Waals surface area contributed by atoms with Crippen LogP contribution in [0.25, 0.3) is 11.1 Å².